The van der Waals surface area contributed by atoms with Crippen LogP contribution in [0.2, 0.25) is 0 Å². The molecule has 1 saturated heterocycles. The minimum absolute atomic E-state index is 0. The van der Waals surface area contributed by atoms with E-state index in [0.717, 1.165) is 43.7 Å². The second kappa shape index (κ2) is 9.51. The zero-order chi connectivity index (χ0) is 17.6. The zero-order valence-corrected chi connectivity index (χ0v) is 15.3. The lowest BCUT2D eigenvalue weighted by atomic mass is 10.2. The molecule has 0 saturated carbocycles. The minimum Gasteiger partial charge on any atom is -0.354 e. The van der Waals surface area contributed by atoms with E-state index >= 15 is 0 Å². The van der Waals surface area contributed by atoms with Gasteiger partial charge in [-0.05, 0) is 25.1 Å². The molecule has 0 aliphatic carbocycles. The number of aromatic nitrogens is 2. The quantitative estimate of drug-likeness (QED) is 0.587. The third-order valence-corrected chi connectivity index (χ3v) is 4.37. The van der Waals surface area contributed by atoms with E-state index in [4.69, 9.17) is 0 Å². The van der Waals surface area contributed by atoms with Gasteiger partial charge >= 0.3 is 5.69 Å². The molecular formula is C17H24ClN5O3. The molecule has 1 amide bonds. The minimum atomic E-state index is -0.570. The molecule has 0 bridgehead atoms. The highest BCUT2D eigenvalue weighted by Crippen LogP contribution is 2.02. The normalized spacial score (nSPS) is 14.8. The van der Waals surface area contributed by atoms with E-state index in [0.29, 0.717) is 17.4 Å². The fourth-order valence-corrected chi connectivity index (χ4v) is 3.01. The standard InChI is InChI=1S/C17H23N5O3.ClH/c23-15(19-6-3-9-21-10-7-18-8-11-21)12-22-16(24)13-4-1-2-5-14(13)20-17(22)25;/h1-2,4-5,18H,3,6-12H2,(H,19,23)(H,20,25);1H. The average Bonchev–Trinajstić information content (AvgIpc) is 2.63. The summed E-state index contributed by atoms with van der Waals surface area (Å²) in [5.74, 6) is -0.330. The summed E-state index contributed by atoms with van der Waals surface area (Å²) >= 11 is 0. The van der Waals surface area contributed by atoms with Crippen molar-refractivity contribution in [1.29, 1.82) is 0 Å². The van der Waals surface area contributed by atoms with Crippen LogP contribution in [-0.2, 0) is 11.3 Å². The number of aromatic amines is 1. The van der Waals surface area contributed by atoms with E-state index in [1.54, 1.807) is 24.3 Å². The van der Waals surface area contributed by atoms with Crippen molar-refractivity contribution in [3.63, 3.8) is 0 Å². The first-order valence-electron chi connectivity index (χ1n) is 8.57. The third-order valence-electron chi connectivity index (χ3n) is 4.37. The smallest absolute Gasteiger partial charge is 0.329 e. The molecule has 2 heterocycles. The lowest BCUT2D eigenvalue weighted by molar-refractivity contribution is -0.121. The number of carbonyl (C=O) groups excluding carboxylic acids is 1. The highest BCUT2D eigenvalue weighted by Gasteiger charge is 2.12. The van der Waals surface area contributed by atoms with Gasteiger partial charge in [0.25, 0.3) is 5.56 Å². The number of piperazine rings is 1. The van der Waals surface area contributed by atoms with Crippen molar-refractivity contribution in [2.45, 2.75) is 13.0 Å². The molecule has 9 heteroatoms. The number of halogens is 1. The van der Waals surface area contributed by atoms with Crippen LogP contribution in [0.25, 0.3) is 10.9 Å². The first-order valence-corrected chi connectivity index (χ1v) is 8.57. The summed E-state index contributed by atoms with van der Waals surface area (Å²) in [6.45, 7) is 5.24. The topological polar surface area (TPSA) is 99.2 Å². The van der Waals surface area contributed by atoms with Crippen LogP contribution in [0, 0.1) is 0 Å². The number of fused-ring (bicyclic) bond motifs is 1. The molecule has 1 aliphatic rings. The predicted molar refractivity (Wildman–Crippen MR) is 103 cm³/mol. The first kappa shape index (κ1) is 20.2. The maximum atomic E-state index is 12.4. The Balaban J connectivity index is 0.00000243. The molecule has 2 aromatic rings. The number of amides is 1. The number of benzene rings is 1. The first-order chi connectivity index (χ1) is 12.1. The van der Waals surface area contributed by atoms with E-state index in [2.05, 4.69) is 20.5 Å². The van der Waals surface area contributed by atoms with Gasteiger partial charge in [0.15, 0.2) is 0 Å². The summed E-state index contributed by atoms with van der Waals surface area (Å²) in [5.41, 5.74) is -0.542. The highest BCUT2D eigenvalue weighted by molar-refractivity contribution is 5.85. The molecule has 0 atom stereocenters. The third kappa shape index (κ3) is 4.94. The largest absolute Gasteiger partial charge is 0.354 e. The average molecular weight is 382 g/mol. The molecule has 142 valence electrons. The van der Waals surface area contributed by atoms with Gasteiger partial charge in [-0.15, -0.1) is 12.4 Å². The van der Waals surface area contributed by atoms with Crippen molar-refractivity contribution in [2.75, 3.05) is 39.3 Å². The van der Waals surface area contributed by atoms with Crippen molar-refractivity contribution >= 4 is 29.2 Å². The SMILES string of the molecule is Cl.O=C(Cn1c(=O)[nH]c2ccccc2c1=O)NCCCN1CCNCC1. The number of hydrogen-bond donors (Lipinski definition) is 3. The van der Waals surface area contributed by atoms with Crippen LogP contribution >= 0.6 is 12.4 Å². The Bertz CT molecular complexity index is 857. The molecular weight excluding hydrogens is 358 g/mol. The van der Waals surface area contributed by atoms with Crippen molar-refractivity contribution in [3.8, 4) is 0 Å². The van der Waals surface area contributed by atoms with Crippen LogP contribution in [0.15, 0.2) is 33.9 Å². The summed E-state index contributed by atoms with van der Waals surface area (Å²) in [6.07, 6.45) is 0.842. The molecule has 1 fully saturated rings. The highest BCUT2D eigenvalue weighted by atomic mass is 35.5. The van der Waals surface area contributed by atoms with Gasteiger partial charge in [-0.25, -0.2) is 4.79 Å². The fourth-order valence-electron chi connectivity index (χ4n) is 3.01. The van der Waals surface area contributed by atoms with Gasteiger partial charge in [0.2, 0.25) is 5.91 Å². The maximum absolute atomic E-state index is 12.4. The van der Waals surface area contributed by atoms with E-state index in [1.165, 1.54) is 0 Å². The van der Waals surface area contributed by atoms with Crippen LogP contribution in [0.5, 0.6) is 0 Å². The number of H-pyrrole nitrogens is 1. The van der Waals surface area contributed by atoms with E-state index in [-0.39, 0.29) is 24.9 Å². The van der Waals surface area contributed by atoms with E-state index in [9.17, 15) is 14.4 Å². The van der Waals surface area contributed by atoms with Crippen LogP contribution < -0.4 is 21.9 Å². The van der Waals surface area contributed by atoms with Gasteiger partial charge in [-0.3, -0.25) is 14.2 Å². The molecule has 26 heavy (non-hydrogen) atoms. The molecule has 1 aromatic heterocycles. The molecule has 0 unspecified atom stereocenters. The number of para-hydroxylation sites is 1. The summed E-state index contributed by atoms with van der Waals surface area (Å²) in [4.78, 5) is 41.4. The van der Waals surface area contributed by atoms with Crippen LogP contribution in [-0.4, -0.2) is 59.6 Å². The fraction of sp³-hybridized carbons (Fsp3) is 0.471. The second-order valence-electron chi connectivity index (χ2n) is 6.16. The molecule has 3 rings (SSSR count). The number of rotatable bonds is 6. The Labute approximate surface area is 157 Å². The Kier molecular flexibility index (Phi) is 7.38. The Hall–Kier alpha value is -2.16. The molecule has 3 N–H and O–H groups in total. The van der Waals surface area contributed by atoms with Crippen molar-refractivity contribution in [2.24, 2.45) is 0 Å². The second-order valence-corrected chi connectivity index (χ2v) is 6.16. The Morgan fingerprint density at radius 2 is 1.88 bits per heavy atom. The number of hydrogen-bond acceptors (Lipinski definition) is 5. The summed E-state index contributed by atoms with van der Waals surface area (Å²) in [6, 6.07) is 6.77. The predicted octanol–water partition coefficient (Wildman–Crippen LogP) is -0.477. The summed E-state index contributed by atoms with van der Waals surface area (Å²) in [5, 5.41) is 6.47. The lowest BCUT2D eigenvalue weighted by Crippen LogP contribution is -2.44. The lowest BCUT2D eigenvalue weighted by Gasteiger charge is -2.27. The van der Waals surface area contributed by atoms with E-state index < -0.39 is 11.2 Å². The van der Waals surface area contributed by atoms with Crippen molar-refractivity contribution in [3.05, 3.63) is 45.1 Å². The zero-order valence-electron chi connectivity index (χ0n) is 14.5. The number of carbonyl (C=O) groups is 1. The van der Waals surface area contributed by atoms with Gasteiger partial charge in [-0.1, -0.05) is 12.1 Å². The van der Waals surface area contributed by atoms with Crippen LogP contribution in [0.4, 0.5) is 0 Å². The van der Waals surface area contributed by atoms with Gasteiger partial charge < -0.3 is 20.5 Å². The monoisotopic (exact) mass is 381 g/mol. The summed E-state index contributed by atoms with van der Waals surface area (Å²) in [7, 11) is 0. The number of nitrogens with one attached hydrogen (secondary N) is 3. The van der Waals surface area contributed by atoms with Crippen molar-refractivity contribution in [1.82, 2.24) is 25.1 Å². The van der Waals surface area contributed by atoms with Gasteiger partial charge in [-0.2, -0.15) is 0 Å². The maximum Gasteiger partial charge on any atom is 0.329 e. The Morgan fingerprint density at radius 1 is 1.15 bits per heavy atom. The van der Waals surface area contributed by atoms with Gasteiger partial charge in [0, 0.05) is 32.7 Å². The summed E-state index contributed by atoms with van der Waals surface area (Å²) < 4.78 is 0.938. The molecule has 1 aliphatic heterocycles. The molecule has 0 spiro atoms. The number of nitrogens with zero attached hydrogens (tertiary/aromatic N) is 2. The van der Waals surface area contributed by atoms with E-state index in [1.807, 2.05) is 0 Å². The molecule has 1 aromatic carbocycles. The molecule has 0 radical (unpaired) electrons. The van der Waals surface area contributed by atoms with Gasteiger partial charge in [0.1, 0.15) is 6.54 Å². The molecule has 8 nitrogen and oxygen atoms in total. The Morgan fingerprint density at radius 3 is 2.65 bits per heavy atom. The van der Waals surface area contributed by atoms with Crippen LogP contribution in [0.1, 0.15) is 6.42 Å². The van der Waals surface area contributed by atoms with Crippen molar-refractivity contribution < 1.29 is 4.79 Å². The van der Waals surface area contributed by atoms with Crippen LogP contribution in [0.3, 0.4) is 0 Å². The van der Waals surface area contributed by atoms with Gasteiger partial charge in [0.05, 0.1) is 10.9 Å².